The second kappa shape index (κ2) is 20.8. The average molecular weight is 923 g/mol. The minimum Gasteiger partial charge on any atom is -0.418 e. The smallest absolute Gasteiger partial charge is 0.418 e. The molecule has 0 aliphatic heterocycles. The number of pyridine rings is 4. The van der Waals surface area contributed by atoms with Crippen molar-refractivity contribution in [1.29, 1.82) is 0 Å². The van der Waals surface area contributed by atoms with E-state index in [4.69, 9.17) is 0 Å². The van der Waals surface area contributed by atoms with Crippen LogP contribution in [0.1, 0.15) is 22.3 Å². The van der Waals surface area contributed by atoms with Crippen molar-refractivity contribution in [3.63, 3.8) is 0 Å². The van der Waals surface area contributed by atoms with Gasteiger partial charge in [-0.2, -0.15) is 9.13 Å². The summed E-state index contributed by atoms with van der Waals surface area (Å²) in [7, 11) is -12.0. The van der Waals surface area contributed by atoms with E-state index in [1.807, 2.05) is 24.8 Å². The zero-order chi connectivity index (χ0) is 48.6. The second-order valence-electron chi connectivity index (χ2n) is 16.1. The molecule has 0 saturated heterocycles. The van der Waals surface area contributed by atoms with Gasteiger partial charge in [0.05, 0.1) is 0 Å². The van der Waals surface area contributed by atoms with Crippen molar-refractivity contribution in [3.05, 3.63) is 217 Å². The highest BCUT2D eigenvalue weighted by molar-refractivity contribution is 6.50. The predicted molar refractivity (Wildman–Crippen MR) is 257 cm³/mol. The van der Waals surface area contributed by atoms with Gasteiger partial charge < -0.3 is 34.5 Å². The van der Waals surface area contributed by atoms with Crippen LogP contribution in [-0.2, 0) is 0 Å². The van der Waals surface area contributed by atoms with E-state index in [2.05, 4.69) is 217 Å². The fraction of sp³-hybridized carbons (Fsp3) is 0.0741. The van der Waals surface area contributed by atoms with Gasteiger partial charge in [-0.25, -0.2) is 0 Å². The zero-order valence-electron chi connectivity index (χ0n) is 37.4. The summed E-state index contributed by atoms with van der Waals surface area (Å²) in [6.07, 6.45) is 7.46. The lowest BCUT2D eigenvalue weighted by atomic mass is 9.95. The molecule has 0 atom stereocenters. The normalized spacial score (nSPS) is 11.2. The third kappa shape index (κ3) is 12.8. The van der Waals surface area contributed by atoms with E-state index >= 15 is 0 Å². The van der Waals surface area contributed by atoms with Crippen LogP contribution in [0.2, 0.25) is 0 Å². The van der Waals surface area contributed by atoms with Crippen LogP contribution in [0.5, 0.6) is 0 Å². The molecule has 4 nitrogen and oxygen atoms in total. The van der Waals surface area contributed by atoms with Gasteiger partial charge in [-0.3, -0.25) is 9.97 Å². The number of nitrogens with zero attached hydrogens (tertiary/aromatic N) is 4. The second-order valence-corrected chi connectivity index (χ2v) is 16.1. The van der Waals surface area contributed by atoms with Gasteiger partial charge >= 0.3 is 14.5 Å². The summed E-state index contributed by atoms with van der Waals surface area (Å²) in [5.41, 5.74) is 20.6. The van der Waals surface area contributed by atoms with E-state index in [-0.39, 0.29) is 0 Å². The molecule has 0 amide bonds. The molecular formula is C54H44B2F8N4. The van der Waals surface area contributed by atoms with E-state index in [0.29, 0.717) is 0 Å². The van der Waals surface area contributed by atoms with E-state index in [1.165, 1.54) is 22.3 Å². The molecule has 0 radical (unpaired) electrons. The molecule has 0 aliphatic rings. The zero-order valence-corrected chi connectivity index (χ0v) is 37.4. The lowest BCUT2D eigenvalue weighted by Crippen LogP contribution is -2.36. The minimum absolute atomic E-state index is 1.06. The molecule has 68 heavy (non-hydrogen) atoms. The van der Waals surface area contributed by atoms with Crippen LogP contribution in [-0.4, -0.2) is 24.5 Å². The first-order valence-corrected chi connectivity index (χ1v) is 21.5. The summed E-state index contributed by atoms with van der Waals surface area (Å²) in [6, 6.07) is 61.9. The quantitative estimate of drug-likeness (QED) is 0.0864. The Balaban J connectivity index is 0.000000622. The monoisotopic (exact) mass is 922 g/mol. The van der Waals surface area contributed by atoms with Crippen LogP contribution >= 0.6 is 0 Å². The third-order valence-electron chi connectivity index (χ3n) is 10.9. The first kappa shape index (κ1) is 48.2. The molecule has 0 bridgehead atoms. The molecule has 14 heteroatoms. The number of halogens is 8. The summed E-state index contributed by atoms with van der Waals surface area (Å²) in [5, 5.41) is 0. The van der Waals surface area contributed by atoms with Crippen molar-refractivity contribution in [2.45, 2.75) is 27.7 Å². The van der Waals surface area contributed by atoms with Gasteiger partial charge in [0.25, 0.3) is 0 Å². The van der Waals surface area contributed by atoms with Crippen molar-refractivity contribution < 1.29 is 43.7 Å². The first-order valence-electron chi connectivity index (χ1n) is 21.5. The average Bonchev–Trinajstić information content (AvgIpc) is 3.31. The highest BCUT2D eigenvalue weighted by atomic mass is 19.5. The summed E-state index contributed by atoms with van der Waals surface area (Å²) in [6.45, 7) is 8.54. The van der Waals surface area contributed by atoms with Gasteiger partial charge in [-0.05, 0) is 98.5 Å². The van der Waals surface area contributed by atoms with E-state index in [9.17, 15) is 34.5 Å². The first-order chi connectivity index (χ1) is 32.4. The Bertz CT molecular complexity index is 2740. The standard InChI is InChI=1S/C54H44N4.2BF4/c1-37-5-13-43(14-6-37)51-33-47(34-52(44-15-7-38(2)8-16-44)57(51)49-25-29-55-30-26-49)41-21-23-42(24-22-41)48-35-53(45-17-9-39(3)10-18-45)58(50-27-31-56-32-28-50)54(36-48)46-19-11-40(4)12-20-46;2*2-1(3,4)5/h5-36H,1-4H3;;/q+2;2*-1. The van der Waals surface area contributed by atoms with Crippen LogP contribution in [0, 0.1) is 27.7 Å². The fourth-order valence-corrected chi connectivity index (χ4v) is 7.67. The molecule has 0 saturated carbocycles. The lowest BCUT2D eigenvalue weighted by molar-refractivity contribution is -0.572. The topological polar surface area (TPSA) is 33.5 Å². The number of aromatic nitrogens is 4. The van der Waals surface area contributed by atoms with Crippen molar-refractivity contribution >= 4 is 14.5 Å². The number of rotatable bonds is 8. The minimum atomic E-state index is -6.00. The fourth-order valence-electron chi connectivity index (χ4n) is 7.67. The molecule has 0 fully saturated rings. The molecule has 0 unspecified atom stereocenters. The maximum absolute atomic E-state index is 9.75. The molecule has 4 aromatic heterocycles. The van der Waals surface area contributed by atoms with Gasteiger partial charge in [0.15, 0.2) is 0 Å². The Hall–Kier alpha value is -7.73. The molecule has 0 N–H and O–H groups in total. The molecular weight excluding hydrogens is 878 g/mol. The molecule has 0 spiro atoms. The van der Waals surface area contributed by atoms with Crippen LogP contribution in [0.4, 0.5) is 34.5 Å². The summed E-state index contributed by atoms with van der Waals surface area (Å²) < 4.78 is 82.7. The Kier molecular flexibility index (Phi) is 14.8. The summed E-state index contributed by atoms with van der Waals surface area (Å²) in [4.78, 5) is 8.70. The Labute approximate surface area is 390 Å². The number of hydrogen-bond donors (Lipinski definition) is 0. The maximum Gasteiger partial charge on any atom is 0.673 e. The highest BCUT2D eigenvalue weighted by Gasteiger charge is 2.27. The third-order valence-corrected chi connectivity index (χ3v) is 10.9. The Morgan fingerprint density at radius 1 is 0.279 bits per heavy atom. The van der Waals surface area contributed by atoms with Crippen molar-refractivity contribution in [2.24, 2.45) is 0 Å². The molecule has 9 rings (SSSR count). The Morgan fingerprint density at radius 3 is 0.676 bits per heavy atom. The van der Waals surface area contributed by atoms with Gasteiger partial charge in [0, 0.05) is 95.6 Å². The van der Waals surface area contributed by atoms with E-state index < -0.39 is 14.5 Å². The van der Waals surface area contributed by atoms with Crippen LogP contribution in [0.3, 0.4) is 0 Å². The van der Waals surface area contributed by atoms with Gasteiger partial charge in [-0.15, -0.1) is 0 Å². The van der Waals surface area contributed by atoms with Gasteiger partial charge in [-0.1, -0.05) is 95.1 Å². The highest BCUT2D eigenvalue weighted by Crippen LogP contribution is 2.35. The molecule has 0 aliphatic carbocycles. The van der Waals surface area contributed by atoms with Crippen LogP contribution in [0.15, 0.2) is 195 Å². The van der Waals surface area contributed by atoms with Crippen LogP contribution < -0.4 is 9.13 Å². The number of aryl methyl sites for hydroxylation is 4. The largest absolute Gasteiger partial charge is 0.673 e. The molecule has 9 aromatic rings. The molecule has 4 heterocycles. The Morgan fingerprint density at radius 2 is 0.471 bits per heavy atom. The molecule has 342 valence electrons. The van der Waals surface area contributed by atoms with Crippen molar-refractivity contribution in [1.82, 2.24) is 9.97 Å². The van der Waals surface area contributed by atoms with Gasteiger partial charge in [0.1, 0.15) is 0 Å². The van der Waals surface area contributed by atoms with E-state index in [1.54, 1.807) is 0 Å². The SMILES string of the molecule is Cc1ccc(-c2cc(-c3ccc(-c4cc(-c5ccc(C)cc5)[n+](-c5ccncc5)c(-c5ccc(C)cc5)c4)cc3)cc(-c3ccc(C)cc3)[n+]2-c2ccncc2)cc1.F[B-](F)(F)F.F[B-](F)(F)F. The lowest BCUT2D eigenvalue weighted by Gasteiger charge is -2.14. The van der Waals surface area contributed by atoms with Gasteiger partial charge in [0.2, 0.25) is 34.2 Å². The van der Waals surface area contributed by atoms with Crippen molar-refractivity contribution in [2.75, 3.05) is 0 Å². The number of hydrogen-bond acceptors (Lipinski definition) is 2. The summed E-state index contributed by atoms with van der Waals surface area (Å²) in [5.74, 6) is 0. The summed E-state index contributed by atoms with van der Waals surface area (Å²) >= 11 is 0. The van der Waals surface area contributed by atoms with Crippen molar-refractivity contribution in [3.8, 4) is 78.7 Å². The molecule has 5 aromatic carbocycles. The maximum atomic E-state index is 9.75. The van der Waals surface area contributed by atoms with Crippen LogP contribution in [0.25, 0.3) is 78.7 Å². The van der Waals surface area contributed by atoms with E-state index in [0.717, 1.165) is 78.7 Å². The predicted octanol–water partition coefficient (Wildman–Crippen LogP) is 14.9. The number of benzene rings is 5.